The third kappa shape index (κ3) is 6.22. The molecule has 0 aliphatic carbocycles. The topological polar surface area (TPSA) is 142 Å². The predicted molar refractivity (Wildman–Crippen MR) is 155 cm³/mol. The average Bonchev–Trinajstić information content (AvgIpc) is 3.64. The van der Waals surface area contributed by atoms with Crippen LogP contribution in [0.5, 0.6) is 0 Å². The van der Waals surface area contributed by atoms with Crippen molar-refractivity contribution in [3.63, 3.8) is 0 Å². The van der Waals surface area contributed by atoms with Gasteiger partial charge < -0.3 is 15.0 Å². The Morgan fingerprint density at radius 3 is 2.63 bits per heavy atom. The Kier molecular flexibility index (Phi) is 8.46. The van der Waals surface area contributed by atoms with Crippen molar-refractivity contribution >= 4 is 40.2 Å². The van der Waals surface area contributed by atoms with Gasteiger partial charge in [0.05, 0.1) is 5.39 Å². The van der Waals surface area contributed by atoms with Crippen LogP contribution < -0.4 is 16.1 Å². The zero-order valence-electron chi connectivity index (χ0n) is 23.2. The lowest BCUT2D eigenvalue weighted by atomic mass is 10.0. The first-order valence-corrected chi connectivity index (χ1v) is 14.5. The molecule has 1 atom stereocenters. The first-order valence-electron chi connectivity index (χ1n) is 13.6. The third-order valence-corrected chi connectivity index (χ3v) is 8.15. The highest BCUT2D eigenvalue weighted by Crippen LogP contribution is 2.38. The number of hydrogen-bond acceptors (Lipinski definition) is 8. The molecular weight excluding hydrogens is 587 g/mol. The number of thiazole rings is 1. The van der Waals surface area contributed by atoms with Gasteiger partial charge in [-0.2, -0.15) is 13.2 Å². The van der Waals surface area contributed by atoms with Crippen molar-refractivity contribution < 1.29 is 27.9 Å². The lowest BCUT2D eigenvalue weighted by Gasteiger charge is -2.24. The first kappa shape index (κ1) is 30.1. The van der Waals surface area contributed by atoms with Gasteiger partial charge in [0.25, 0.3) is 0 Å². The predicted octanol–water partition coefficient (Wildman–Crippen LogP) is 4.92. The van der Waals surface area contributed by atoms with Crippen LogP contribution in [0.25, 0.3) is 32.7 Å². The minimum atomic E-state index is -4.67. The van der Waals surface area contributed by atoms with Crippen molar-refractivity contribution in [3.05, 3.63) is 57.6 Å². The molecule has 0 bridgehead atoms. The number of aromatic carboxylic acids is 1. The maximum atomic E-state index is 13.4. The van der Waals surface area contributed by atoms with Crippen LogP contribution in [0.15, 0.2) is 40.9 Å². The molecule has 4 aromatic heterocycles. The number of carbonyl (C=O) groups is 2. The quantitative estimate of drug-likeness (QED) is 0.254. The van der Waals surface area contributed by atoms with Crippen LogP contribution >= 0.6 is 11.3 Å². The van der Waals surface area contributed by atoms with E-state index in [0.717, 1.165) is 42.6 Å². The molecule has 226 valence electrons. The summed E-state index contributed by atoms with van der Waals surface area (Å²) >= 11 is 0.756. The summed E-state index contributed by atoms with van der Waals surface area (Å²) in [7, 11) is 0. The zero-order chi connectivity index (χ0) is 30.9. The molecule has 0 saturated carbocycles. The van der Waals surface area contributed by atoms with Crippen LogP contribution in [0.4, 0.5) is 23.8 Å². The first-order chi connectivity index (χ1) is 20.5. The number of nitrogens with one attached hydrogen (secondary N) is 2. The van der Waals surface area contributed by atoms with Gasteiger partial charge in [0.15, 0.2) is 5.69 Å². The normalized spacial score (nSPS) is 15.6. The molecule has 0 spiro atoms. The summed E-state index contributed by atoms with van der Waals surface area (Å²) in [5.74, 6) is -1.31. The number of nitrogens with zero attached hydrogens (tertiary/aromatic N) is 5. The molecule has 0 aromatic carbocycles. The molecule has 1 saturated heterocycles. The van der Waals surface area contributed by atoms with E-state index in [9.17, 15) is 32.7 Å². The molecule has 1 aliphatic heterocycles. The maximum absolute atomic E-state index is 13.4. The molecule has 1 aliphatic rings. The van der Waals surface area contributed by atoms with Gasteiger partial charge in [-0.3, -0.25) is 15.0 Å². The number of alkyl halides is 3. The highest BCUT2D eigenvalue weighted by Gasteiger charge is 2.34. The number of carbonyl (C=O) groups excluding carboxylic acids is 1. The lowest BCUT2D eigenvalue weighted by molar-refractivity contribution is -0.140. The van der Waals surface area contributed by atoms with Crippen molar-refractivity contribution in [1.29, 1.82) is 0 Å². The fourth-order valence-corrected chi connectivity index (χ4v) is 6.09. The number of carboxylic acids is 1. The second kappa shape index (κ2) is 12.1. The molecule has 3 N–H and O–H groups in total. The van der Waals surface area contributed by atoms with Crippen LogP contribution in [0.1, 0.15) is 42.7 Å². The summed E-state index contributed by atoms with van der Waals surface area (Å²) in [6.45, 7) is 6.31. The van der Waals surface area contributed by atoms with Gasteiger partial charge >= 0.3 is 18.2 Å². The monoisotopic (exact) mass is 615 g/mol. The number of amides is 2. The molecule has 1 fully saturated rings. The molecule has 15 heteroatoms. The minimum Gasteiger partial charge on any atom is -0.477 e. The van der Waals surface area contributed by atoms with Crippen LogP contribution in [0, 0.1) is 0 Å². The highest BCUT2D eigenvalue weighted by molar-refractivity contribution is 7.13. The molecule has 1 unspecified atom stereocenters. The van der Waals surface area contributed by atoms with Gasteiger partial charge in [0.2, 0.25) is 5.43 Å². The van der Waals surface area contributed by atoms with E-state index in [0.29, 0.717) is 29.9 Å². The summed E-state index contributed by atoms with van der Waals surface area (Å²) in [5.41, 5.74) is -1.12. The number of hydrogen-bond donors (Lipinski definition) is 3. The number of urea groups is 1. The number of likely N-dealkylation sites (N-methyl/N-ethyl adjacent to an activating group) is 1. The Morgan fingerprint density at radius 2 is 1.95 bits per heavy atom. The SMILES string of the molecule is CCNC(=O)Nc1cc(-c2nc(C(F)(F)F)cs2)c(-c2cnc3c(c2)c(=O)c(C(=O)O)cn3CC2CCCN2CC)cn1. The number of pyridine rings is 3. The molecule has 5 heterocycles. The Bertz CT molecular complexity index is 1750. The number of halogens is 3. The number of anilines is 1. The van der Waals surface area contributed by atoms with E-state index in [1.165, 1.54) is 30.7 Å². The number of fused-ring (bicyclic) bond motifs is 1. The second-order valence-corrected chi connectivity index (χ2v) is 10.8. The molecular formula is C28H28F3N7O4S. The van der Waals surface area contributed by atoms with E-state index in [-0.39, 0.29) is 27.8 Å². The number of carboxylic acid groups (broad SMARTS) is 1. The van der Waals surface area contributed by atoms with Gasteiger partial charge in [-0.15, -0.1) is 11.3 Å². The Balaban J connectivity index is 1.65. The fourth-order valence-electron chi connectivity index (χ4n) is 5.24. The summed E-state index contributed by atoms with van der Waals surface area (Å²) in [4.78, 5) is 52.3. The van der Waals surface area contributed by atoms with Crippen LogP contribution in [-0.4, -0.2) is 67.2 Å². The summed E-state index contributed by atoms with van der Waals surface area (Å²) < 4.78 is 41.9. The van der Waals surface area contributed by atoms with Gasteiger partial charge in [-0.05, 0) is 45.0 Å². The molecule has 11 nitrogen and oxygen atoms in total. The summed E-state index contributed by atoms with van der Waals surface area (Å²) in [5, 5.41) is 15.8. The van der Waals surface area contributed by atoms with Gasteiger partial charge in [0.1, 0.15) is 22.0 Å². The van der Waals surface area contributed by atoms with Crippen LogP contribution in [0.2, 0.25) is 0 Å². The average molecular weight is 616 g/mol. The standard InChI is InChI=1S/C28H28F3N7O4S/c1-3-32-27(42)36-22-9-17(25-35-21(14-43-25)28(29,30)31)19(11-33-22)15-8-18-23(39)20(26(40)41)13-38(24(18)34-10-15)12-16-6-5-7-37(16)4-2/h8-11,13-14,16H,3-7,12H2,1-2H3,(H,40,41)(H2,32,33,36,42). The Hall–Kier alpha value is -4.37. The van der Waals surface area contributed by atoms with E-state index in [1.807, 2.05) is 0 Å². The van der Waals surface area contributed by atoms with Gasteiger partial charge in [-0.25, -0.2) is 24.5 Å². The van der Waals surface area contributed by atoms with E-state index >= 15 is 0 Å². The van der Waals surface area contributed by atoms with E-state index in [4.69, 9.17) is 0 Å². The molecule has 0 radical (unpaired) electrons. The van der Waals surface area contributed by atoms with Gasteiger partial charge in [0, 0.05) is 59.8 Å². The smallest absolute Gasteiger partial charge is 0.434 e. The van der Waals surface area contributed by atoms with Crippen molar-refractivity contribution in [2.45, 2.75) is 45.5 Å². The molecule has 2 amide bonds. The molecule has 43 heavy (non-hydrogen) atoms. The highest BCUT2D eigenvalue weighted by atomic mass is 32.1. The van der Waals surface area contributed by atoms with Crippen molar-refractivity contribution in [2.24, 2.45) is 0 Å². The van der Waals surface area contributed by atoms with E-state index in [1.54, 1.807) is 11.5 Å². The third-order valence-electron chi connectivity index (χ3n) is 7.27. The fraction of sp³-hybridized carbons (Fsp3) is 0.357. The van der Waals surface area contributed by atoms with Crippen molar-refractivity contribution in [2.75, 3.05) is 25.0 Å². The zero-order valence-corrected chi connectivity index (χ0v) is 24.1. The van der Waals surface area contributed by atoms with Gasteiger partial charge in [-0.1, -0.05) is 6.92 Å². The van der Waals surface area contributed by atoms with Crippen LogP contribution in [0.3, 0.4) is 0 Å². The largest absolute Gasteiger partial charge is 0.477 e. The van der Waals surface area contributed by atoms with Crippen molar-refractivity contribution in [3.8, 4) is 21.7 Å². The van der Waals surface area contributed by atoms with Crippen LogP contribution in [-0.2, 0) is 12.7 Å². The summed E-state index contributed by atoms with van der Waals surface area (Å²) in [6, 6.07) is 2.45. The summed E-state index contributed by atoms with van der Waals surface area (Å²) in [6.07, 6.45) is 1.37. The number of aromatic nitrogens is 4. The van der Waals surface area contributed by atoms with Crippen molar-refractivity contribution in [1.82, 2.24) is 29.7 Å². The molecule has 4 aromatic rings. The lowest BCUT2D eigenvalue weighted by Crippen LogP contribution is -2.33. The maximum Gasteiger partial charge on any atom is 0.434 e. The van der Waals surface area contributed by atoms with E-state index < -0.39 is 34.9 Å². The number of likely N-dealkylation sites (tertiary alicyclic amines) is 1. The van der Waals surface area contributed by atoms with E-state index in [2.05, 4.69) is 37.4 Å². The minimum absolute atomic E-state index is 0.00126. The Morgan fingerprint density at radius 1 is 1.16 bits per heavy atom. The Labute approximate surface area is 247 Å². The second-order valence-electron chi connectivity index (χ2n) is 9.98. The number of rotatable bonds is 8. The molecule has 5 rings (SSSR count).